The number of ether oxygens (including phenoxy) is 1. The molecule has 1 aromatic rings. The fourth-order valence-corrected chi connectivity index (χ4v) is 2.28. The van der Waals surface area contributed by atoms with Gasteiger partial charge in [0, 0.05) is 6.42 Å². The largest absolute Gasteiger partial charge is 0.460 e. The highest BCUT2D eigenvalue weighted by Gasteiger charge is 2.32. The molecule has 1 fully saturated rings. The van der Waals surface area contributed by atoms with Crippen LogP contribution in [-0.4, -0.2) is 11.8 Å². The van der Waals surface area contributed by atoms with Gasteiger partial charge in [0.15, 0.2) is 0 Å². The van der Waals surface area contributed by atoms with Gasteiger partial charge in [-0.1, -0.05) is 37.3 Å². The Balaban J connectivity index is 1.87. The molecule has 1 aliphatic rings. The van der Waals surface area contributed by atoms with Crippen LogP contribution in [-0.2, 0) is 20.9 Å². The second kappa shape index (κ2) is 5.80. The van der Waals surface area contributed by atoms with Crippen molar-refractivity contribution in [2.75, 3.05) is 0 Å². The van der Waals surface area contributed by atoms with Crippen molar-refractivity contribution in [2.45, 2.75) is 32.8 Å². The number of rotatable bonds is 3. The fourth-order valence-electron chi connectivity index (χ4n) is 2.28. The molecule has 0 radical (unpaired) electrons. The second-order valence-corrected chi connectivity index (χ2v) is 5.00. The van der Waals surface area contributed by atoms with E-state index in [2.05, 4.69) is 0 Å². The molecule has 96 valence electrons. The molecule has 1 saturated carbocycles. The third-order valence-electron chi connectivity index (χ3n) is 3.39. The lowest BCUT2D eigenvalue weighted by Crippen LogP contribution is -2.31. The van der Waals surface area contributed by atoms with Crippen LogP contribution < -0.4 is 0 Å². The molecular weight excluding hydrogens is 228 g/mol. The molecule has 1 aromatic carbocycles. The number of carbonyl (C=O) groups is 2. The first-order chi connectivity index (χ1) is 8.66. The molecule has 2 rings (SSSR count). The van der Waals surface area contributed by atoms with Crippen molar-refractivity contribution in [2.24, 2.45) is 11.8 Å². The summed E-state index contributed by atoms with van der Waals surface area (Å²) in [6.45, 7) is 2.29. The highest BCUT2D eigenvalue weighted by atomic mass is 16.5. The van der Waals surface area contributed by atoms with Gasteiger partial charge in [-0.2, -0.15) is 0 Å². The first-order valence-corrected chi connectivity index (χ1v) is 6.40. The molecule has 0 saturated heterocycles. The van der Waals surface area contributed by atoms with E-state index in [9.17, 15) is 9.59 Å². The third kappa shape index (κ3) is 3.19. The van der Waals surface area contributed by atoms with Crippen molar-refractivity contribution in [1.82, 2.24) is 0 Å². The SMILES string of the molecule is C[C@@H]1CCC(C(=O)OCc2ccccc2)C(=O)C1. The Labute approximate surface area is 107 Å². The molecule has 3 nitrogen and oxygen atoms in total. The molecule has 0 N–H and O–H groups in total. The van der Waals surface area contributed by atoms with Crippen LogP contribution in [0.4, 0.5) is 0 Å². The Morgan fingerprint density at radius 1 is 1.28 bits per heavy atom. The molecule has 0 spiro atoms. The molecule has 0 amide bonds. The molecule has 0 aromatic heterocycles. The highest BCUT2D eigenvalue weighted by Crippen LogP contribution is 2.26. The Kier molecular flexibility index (Phi) is 4.13. The molecule has 18 heavy (non-hydrogen) atoms. The molecule has 2 atom stereocenters. The smallest absolute Gasteiger partial charge is 0.316 e. The average molecular weight is 246 g/mol. The van der Waals surface area contributed by atoms with Crippen LogP contribution in [0, 0.1) is 11.8 Å². The van der Waals surface area contributed by atoms with E-state index >= 15 is 0 Å². The highest BCUT2D eigenvalue weighted by molar-refractivity contribution is 5.99. The maximum atomic E-state index is 11.8. The number of hydrogen-bond donors (Lipinski definition) is 0. The van der Waals surface area contributed by atoms with Gasteiger partial charge in [0.1, 0.15) is 18.3 Å². The van der Waals surface area contributed by atoms with Crippen molar-refractivity contribution >= 4 is 11.8 Å². The number of esters is 1. The van der Waals surface area contributed by atoms with E-state index in [4.69, 9.17) is 4.74 Å². The topological polar surface area (TPSA) is 43.4 Å². The summed E-state index contributed by atoms with van der Waals surface area (Å²) in [4.78, 5) is 23.6. The lowest BCUT2D eigenvalue weighted by molar-refractivity contribution is -0.154. The lowest BCUT2D eigenvalue weighted by atomic mass is 9.82. The monoisotopic (exact) mass is 246 g/mol. The van der Waals surface area contributed by atoms with Crippen molar-refractivity contribution < 1.29 is 14.3 Å². The van der Waals surface area contributed by atoms with E-state index < -0.39 is 5.92 Å². The van der Waals surface area contributed by atoms with E-state index in [0.29, 0.717) is 18.8 Å². The molecule has 0 aliphatic heterocycles. The Morgan fingerprint density at radius 2 is 2.00 bits per heavy atom. The number of ketones is 1. The molecule has 0 heterocycles. The van der Waals surface area contributed by atoms with Crippen molar-refractivity contribution in [3.63, 3.8) is 0 Å². The van der Waals surface area contributed by atoms with Crippen molar-refractivity contribution in [1.29, 1.82) is 0 Å². The quantitative estimate of drug-likeness (QED) is 0.608. The normalized spacial score (nSPS) is 23.7. The van der Waals surface area contributed by atoms with Gasteiger partial charge in [0.2, 0.25) is 0 Å². The van der Waals surface area contributed by atoms with Gasteiger partial charge in [-0.3, -0.25) is 9.59 Å². The van der Waals surface area contributed by atoms with Crippen LogP contribution in [0.2, 0.25) is 0 Å². The van der Waals surface area contributed by atoms with Crippen molar-refractivity contribution in [3.8, 4) is 0 Å². The maximum Gasteiger partial charge on any atom is 0.316 e. The summed E-state index contributed by atoms with van der Waals surface area (Å²) in [6, 6.07) is 9.51. The zero-order valence-corrected chi connectivity index (χ0v) is 10.6. The summed E-state index contributed by atoms with van der Waals surface area (Å²) < 4.78 is 5.21. The minimum Gasteiger partial charge on any atom is -0.460 e. The Bertz CT molecular complexity index is 425. The van der Waals surface area contributed by atoms with Crippen LogP contribution in [0.1, 0.15) is 31.7 Å². The third-order valence-corrected chi connectivity index (χ3v) is 3.39. The van der Waals surface area contributed by atoms with Gasteiger partial charge < -0.3 is 4.74 Å². The summed E-state index contributed by atoms with van der Waals surface area (Å²) in [6.07, 6.45) is 2.07. The summed E-state index contributed by atoms with van der Waals surface area (Å²) in [5.41, 5.74) is 0.947. The van der Waals surface area contributed by atoms with Gasteiger partial charge in [-0.15, -0.1) is 0 Å². The fraction of sp³-hybridized carbons (Fsp3) is 0.467. The molecule has 0 bridgehead atoms. The van der Waals surface area contributed by atoms with Gasteiger partial charge in [0.05, 0.1) is 0 Å². The Hall–Kier alpha value is -1.64. The summed E-state index contributed by atoms with van der Waals surface area (Å²) >= 11 is 0. The number of Topliss-reactive ketones (excluding diaryl/α,β-unsaturated/α-hetero) is 1. The van der Waals surface area contributed by atoms with Gasteiger partial charge in [-0.25, -0.2) is 0 Å². The van der Waals surface area contributed by atoms with Crippen LogP contribution in [0.3, 0.4) is 0 Å². The minimum atomic E-state index is -0.537. The van der Waals surface area contributed by atoms with E-state index in [1.165, 1.54) is 0 Å². The molecule has 3 heteroatoms. The summed E-state index contributed by atoms with van der Waals surface area (Å²) in [5.74, 6) is -0.469. The van der Waals surface area contributed by atoms with E-state index in [1.54, 1.807) is 0 Å². The standard InChI is InChI=1S/C15H18O3/c1-11-7-8-13(14(16)9-11)15(17)18-10-12-5-3-2-4-6-12/h2-6,11,13H,7-10H2,1H3/t11-,13?/m1/s1. The lowest BCUT2D eigenvalue weighted by Gasteiger charge is -2.23. The Morgan fingerprint density at radius 3 is 2.67 bits per heavy atom. The van der Waals surface area contributed by atoms with E-state index in [1.807, 2.05) is 37.3 Å². The van der Waals surface area contributed by atoms with Crippen LogP contribution in [0.25, 0.3) is 0 Å². The predicted octanol–water partition coefficient (Wildman–Crippen LogP) is 2.74. The first-order valence-electron chi connectivity index (χ1n) is 6.40. The number of benzene rings is 1. The van der Waals surface area contributed by atoms with Gasteiger partial charge in [-0.05, 0) is 24.3 Å². The molecule has 1 unspecified atom stereocenters. The van der Waals surface area contributed by atoms with Crippen LogP contribution >= 0.6 is 0 Å². The molecular formula is C15H18O3. The van der Waals surface area contributed by atoms with E-state index in [-0.39, 0.29) is 18.4 Å². The van der Waals surface area contributed by atoms with Gasteiger partial charge >= 0.3 is 5.97 Å². The van der Waals surface area contributed by atoms with Gasteiger partial charge in [0.25, 0.3) is 0 Å². The van der Waals surface area contributed by atoms with Crippen molar-refractivity contribution in [3.05, 3.63) is 35.9 Å². The number of carbonyl (C=O) groups excluding carboxylic acids is 2. The zero-order valence-electron chi connectivity index (χ0n) is 10.6. The maximum absolute atomic E-state index is 11.8. The van der Waals surface area contributed by atoms with Crippen LogP contribution in [0.15, 0.2) is 30.3 Å². The summed E-state index contributed by atoms with van der Waals surface area (Å²) in [7, 11) is 0. The number of hydrogen-bond acceptors (Lipinski definition) is 3. The molecule has 1 aliphatic carbocycles. The zero-order chi connectivity index (χ0) is 13.0. The van der Waals surface area contributed by atoms with E-state index in [0.717, 1.165) is 12.0 Å². The second-order valence-electron chi connectivity index (χ2n) is 5.00. The first kappa shape index (κ1) is 12.8. The summed E-state index contributed by atoms with van der Waals surface area (Å²) in [5, 5.41) is 0. The van der Waals surface area contributed by atoms with Crippen LogP contribution in [0.5, 0.6) is 0 Å². The minimum absolute atomic E-state index is 0.0341. The average Bonchev–Trinajstić information content (AvgIpc) is 2.37. The predicted molar refractivity (Wildman–Crippen MR) is 67.8 cm³/mol.